The number of hydrogen-bond donors (Lipinski definition) is 1. The number of methoxy groups -OCH3 is 1. The molecule has 1 saturated carbocycles. The zero-order valence-electron chi connectivity index (χ0n) is 10.4. The van der Waals surface area contributed by atoms with E-state index in [1.54, 1.807) is 13.4 Å². The molecule has 1 fully saturated rings. The second-order valence-electron chi connectivity index (χ2n) is 4.12. The number of nitrogens with one attached hydrogen (secondary N) is 1. The molecule has 96 valence electrons. The Morgan fingerprint density at radius 1 is 1.50 bits per heavy atom. The van der Waals surface area contributed by atoms with E-state index in [9.17, 15) is 4.21 Å². The van der Waals surface area contributed by atoms with Gasteiger partial charge in [0.15, 0.2) is 0 Å². The first-order valence-electron chi connectivity index (χ1n) is 5.86. The average molecular weight is 249 g/mol. The summed E-state index contributed by atoms with van der Waals surface area (Å²) < 4.78 is 21.8. The van der Waals surface area contributed by atoms with Gasteiger partial charge < -0.3 is 14.8 Å². The van der Waals surface area contributed by atoms with Crippen LogP contribution < -0.4 is 5.32 Å². The summed E-state index contributed by atoms with van der Waals surface area (Å²) in [6.45, 7) is 3.65. The van der Waals surface area contributed by atoms with Gasteiger partial charge in [-0.25, -0.2) is 0 Å². The summed E-state index contributed by atoms with van der Waals surface area (Å²) in [5, 5.41) is 3.42. The molecule has 0 radical (unpaired) electrons. The lowest BCUT2D eigenvalue weighted by Crippen LogP contribution is -2.59. The maximum Gasteiger partial charge on any atom is 0.0986 e. The molecule has 0 aromatic rings. The van der Waals surface area contributed by atoms with Crippen LogP contribution in [0.15, 0.2) is 0 Å². The molecule has 4 atom stereocenters. The molecule has 16 heavy (non-hydrogen) atoms. The summed E-state index contributed by atoms with van der Waals surface area (Å²) >= 11 is 0. The molecule has 4 unspecified atom stereocenters. The summed E-state index contributed by atoms with van der Waals surface area (Å²) in [5.41, 5.74) is 0. The van der Waals surface area contributed by atoms with Crippen molar-refractivity contribution >= 4 is 10.8 Å². The Kier molecular flexibility index (Phi) is 6.49. The molecule has 0 amide bonds. The standard InChI is InChI=1S/C11H23NO3S/c1-4-15-10-8-9(11(10)14-2)12-6-5-7-16(3)13/h9-12H,4-8H2,1-3H3. The van der Waals surface area contributed by atoms with Crippen molar-refractivity contribution in [3.63, 3.8) is 0 Å². The molecular formula is C11H23NO3S. The van der Waals surface area contributed by atoms with Crippen LogP contribution in [-0.4, -0.2) is 54.7 Å². The molecule has 0 bridgehead atoms. The molecule has 0 spiro atoms. The van der Waals surface area contributed by atoms with Crippen molar-refractivity contribution in [3.8, 4) is 0 Å². The first-order valence-corrected chi connectivity index (χ1v) is 7.59. The second kappa shape index (κ2) is 7.37. The Bertz CT molecular complexity index is 225. The number of ether oxygens (including phenoxy) is 2. The highest BCUT2D eigenvalue weighted by molar-refractivity contribution is 7.84. The number of hydrogen-bond acceptors (Lipinski definition) is 4. The fraction of sp³-hybridized carbons (Fsp3) is 1.00. The minimum absolute atomic E-state index is 0.173. The Balaban J connectivity index is 2.12. The van der Waals surface area contributed by atoms with Crippen LogP contribution in [0.5, 0.6) is 0 Å². The van der Waals surface area contributed by atoms with E-state index in [1.165, 1.54) is 0 Å². The Morgan fingerprint density at radius 3 is 2.81 bits per heavy atom. The number of rotatable bonds is 8. The summed E-state index contributed by atoms with van der Waals surface area (Å²) in [6, 6.07) is 0.395. The predicted octanol–water partition coefficient (Wildman–Crippen LogP) is 0.537. The van der Waals surface area contributed by atoms with Gasteiger partial charge in [0.25, 0.3) is 0 Å². The van der Waals surface area contributed by atoms with E-state index in [0.29, 0.717) is 6.04 Å². The molecule has 1 rings (SSSR count). The molecular weight excluding hydrogens is 226 g/mol. The third-order valence-corrected chi connectivity index (χ3v) is 3.78. The van der Waals surface area contributed by atoms with Crippen LogP contribution in [0.2, 0.25) is 0 Å². The zero-order chi connectivity index (χ0) is 12.0. The van der Waals surface area contributed by atoms with Crippen molar-refractivity contribution in [2.75, 3.05) is 32.3 Å². The highest BCUT2D eigenvalue weighted by Gasteiger charge is 2.41. The maximum atomic E-state index is 10.9. The summed E-state index contributed by atoms with van der Waals surface area (Å²) in [7, 11) is 1.05. The van der Waals surface area contributed by atoms with Crippen molar-refractivity contribution in [3.05, 3.63) is 0 Å². The van der Waals surface area contributed by atoms with Gasteiger partial charge in [-0.15, -0.1) is 0 Å². The largest absolute Gasteiger partial charge is 0.377 e. The molecule has 1 N–H and O–H groups in total. The average Bonchev–Trinajstić information content (AvgIpc) is 2.21. The maximum absolute atomic E-state index is 10.9. The Morgan fingerprint density at radius 2 is 2.25 bits per heavy atom. The summed E-state index contributed by atoms with van der Waals surface area (Å²) in [5.74, 6) is 0.770. The first kappa shape index (κ1) is 14.1. The second-order valence-corrected chi connectivity index (χ2v) is 5.68. The fourth-order valence-electron chi connectivity index (χ4n) is 2.04. The van der Waals surface area contributed by atoms with Gasteiger partial charge in [-0.3, -0.25) is 4.21 Å². The van der Waals surface area contributed by atoms with E-state index in [2.05, 4.69) is 5.32 Å². The van der Waals surface area contributed by atoms with E-state index < -0.39 is 10.8 Å². The van der Waals surface area contributed by atoms with Crippen molar-refractivity contribution in [2.24, 2.45) is 0 Å². The predicted molar refractivity (Wildman–Crippen MR) is 66.2 cm³/mol. The molecule has 0 aromatic heterocycles. The molecule has 4 nitrogen and oxygen atoms in total. The van der Waals surface area contributed by atoms with Gasteiger partial charge >= 0.3 is 0 Å². The minimum Gasteiger partial charge on any atom is -0.377 e. The Labute approximate surface area is 101 Å². The monoisotopic (exact) mass is 249 g/mol. The van der Waals surface area contributed by atoms with Gasteiger partial charge in [0.1, 0.15) is 0 Å². The third kappa shape index (κ3) is 4.13. The van der Waals surface area contributed by atoms with Crippen LogP contribution in [0.4, 0.5) is 0 Å². The first-order chi connectivity index (χ1) is 7.69. The van der Waals surface area contributed by atoms with E-state index >= 15 is 0 Å². The molecule has 1 aliphatic rings. The molecule has 0 saturated heterocycles. The molecule has 0 aromatic carbocycles. The smallest absolute Gasteiger partial charge is 0.0986 e. The van der Waals surface area contributed by atoms with E-state index in [-0.39, 0.29) is 12.2 Å². The van der Waals surface area contributed by atoms with E-state index in [1.807, 2.05) is 6.92 Å². The van der Waals surface area contributed by atoms with Crippen molar-refractivity contribution in [1.82, 2.24) is 5.32 Å². The van der Waals surface area contributed by atoms with E-state index in [0.717, 1.165) is 31.7 Å². The fourth-order valence-corrected chi connectivity index (χ4v) is 2.59. The van der Waals surface area contributed by atoms with Crippen LogP contribution in [-0.2, 0) is 20.3 Å². The SMILES string of the molecule is CCOC1CC(NCCCS(C)=O)C1OC. The molecule has 0 aliphatic heterocycles. The highest BCUT2D eigenvalue weighted by atomic mass is 32.2. The van der Waals surface area contributed by atoms with Crippen LogP contribution in [0.25, 0.3) is 0 Å². The lowest BCUT2D eigenvalue weighted by molar-refractivity contribution is -0.131. The summed E-state index contributed by atoms with van der Waals surface area (Å²) in [6.07, 6.45) is 4.13. The quantitative estimate of drug-likeness (QED) is 0.638. The van der Waals surface area contributed by atoms with Crippen molar-refractivity contribution in [2.45, 2.75) is 38.0 Å². The van der Waals surface area contributed by atoms with Gasteiger partial charge in [0.05, 0.1) is 12.2 Å². The lowest BCUT2D eigenvalue weighted by Gasteiger charge is -2.43. The van der Waals surface area contributed by atoms with Crippen LogP contribution in [0.3, 0.4) is 0 Å². The van der Waals surface area contributed by atoms with E-state index in [4.69, 9.17) is 9.47 Å². The van der Waals surface area contributed by atoms with Gasteiger partial charge in [-0.2, -0.15) is 0 Å². The normalized spacial score (nSPS) is 31.1. The minimum atomic E-state index is -0.681. The van der Waals surface area contributed by atoms with Crippen LogP contribution in [0, 0.1) is 0 Å². The Hall–Kier alpha value is 0.0300. The highest BCUT2D eigenvalue weighted by Crippen LogP contribution is 2.26. The molecule has 1 aliphatic carbocycles. The van der Waals surface area contributed by atoms with Gasteiger partial charge in [0, 0.05) is 42.6 Å². The third-order valence-electron chi connectivity index (χ3n) is 2.92. The van der Waals surface area contributed by atoms with Gasteiger partial charge in [-0.05, 0) is 26.3 Å². The molecule has 0 heterocycles. The zero-order valence-corrected chi connectivity index (χ0v) is 11.2. The molecule has 5 heteroatoms. The van der Waals surface area contributed by atoms with Gasteiger partial charge in [0.2, 0.25) is 0 Å². The van der Waals surface area contributed by atoms with Crippen LogP contribution >= 0.6 is 0 Å². The van der Waals surface area contributed by atoms with Gasteiger partial charge in [-0.1, -0.05) is 0 Å². The topological polar surface area (TPSA) is 47.6 Å². The van der Waals surface area contributed by atoms with Crippen molar-refractivity contribution in [1.29, 1.82) is 0 Å². The van der Waals surface area contributed by atoms with Crippen LogP contribution in [0.1, 0.15) is 19.8 Å². The van der Waals surface area contributed by atoms with Crippen molar-refractivity contribution < 1.29 is 13.7 Å². The summed E-state index contributed by atoms with van der Waals surface area (Å²) in [4.78, 5) is 0. The lowest BCUT2D eigenvalue weighted by atomic mass is 9.85.